The summed E-state index contributed by atoms with van der Waals surface area (Å²) in [4.78, 5) is 13.2. The van der Waals surface area contributed by atoms with E-state index in [2.05, 4.69) is 18.7 Å². The zero-order valence-corrected chi connectivity index (χ0v) is 10.6. The smallest absolute Gasteiger partial charge is 0.323 e. The van der Waals surface area contributed by atoms with Crippen LogP contribution in [-0.2, 0) is 4.79 Å². The van der Waals surface area contributed by atoms with Crippen LogP contribution in [0.15, 0.2) is 0 Å². The zero-order chi connectivity index (χ0) is 12.3. The van der Waals surface area contributed by atoms with E-state index in [1.807, 2.05) is 0 Å². The van der Waals surface area contributed by atoms with Gasteiger partial charge in [-0.3, -0.25) is 4.79 Å². The highest BCUT2D eigenvalue weighted by Crippen LogP contribution is 2.23. The Morgan fingerprint density at radius 3 is 2.62 bits per heavy atom. The topological polar surface area (TPSA) is 66.6 Å². The molecule has 0 amide bonds. The van der Waals surface area contributed by atoms with Crippen LogP contribution in [0.3, 0.4) is 0 Å². The lowest BCUT2D eigenvalue weighted by Crippen LogP contribution is -2.48. The first-order valence-electron chi connectivity index (χ1n) is 6.07. The molecule has 0 radical (unpaired) electrons. The van der Waals surface area contributed by atoms with Gasteiger partial charge in [0.1, 0.15) is 5.54 Å². The maximum absolute atomic E-state index is 10.9. The molecule has 3 N–H and O–H groups in total. The molecule has 3 atom stereocenters. The number of carbonyl (C=O) groups is 1. The van der Waals surface area contributed by atoms with Crippen LogP contribution < -0.4 is 5.73 Å². The van der Waals surface area contributed by atoms with Crippen LogP contribution in [0.5, 0.6) is 0 Å². The minimum atomic E-state index is -1.09. The molecule has 1 aliphatic rings. The molecule has 0 saturated carbocycles. The van der Waals surface area contributed by atoms with Gasteiger partial charge in [0, 0.05) is 13.1 Å². The molecule has 0 spiro atoms. The van der Waals surface area contributed by atoms with Gasteiger partial charge in [0.15, 0.2) is 0 Å². The van der Waals surface area contributed by atoms with E-state index in [-0.39, 0.29) is 0 Å². The van der Waals surface area contributed by atoms with Crippen molar-refractivity contribution in [1.82, 2.24) is 4.90 Å². The van der Waals surface area contributed by atoms with Gasteiger partial charge < -0.3 is 15.7 Å². The zero-order valence-electron chi connectivity index (χ0n) is 10.6. The Bertz CT molecular complexity index is 253. The van der Waals surface area contributed by atoms with E-state index in [0.717, 1.165) is 25.6 Å². The molecule has 1 aliphatic heterocycles. The van der Waals surface area contributed by atoms with E-state index in [9.17, 15) is 4.79 Å². The predicted molar refractivity (Wildman–Crippen MR) is 64.2 cm³/mol. The molecule has 0 aromatic carbocycles. The summed E-state index contributed by atoms with van der Waals surface area (Å²) in [6.07, 6.45) is 1.72. The molecule has 1 saturated heterocycles. The summed E-state index contributed by atoms with van der Waals surface area (Å²) < 4.78 is 0. The highest BCUT2D eigenvalue weighted by Gasteiger charge is 2.29. The summed E-state index contributed by atoms with van der Waals surface area (Å²) in [5, 5.41) is 8.92. The third-order valence-corrected chi connectivity index (χ3v) is 3.85. The number of likely N-dealkylation sites (tertiary alicyclic amines) is 1. The van der Waals surface area contributed by atoms with Crippen molar-refractivity contribution < 1.29 is 9.90 Å². The van der Waals surface area contributed by atoms with Gasteiger partial charge in [0.2, 0.25) is 0 Å². The Morgan fingerprint density at radius 2 is 2.12 bits per heavy atom. The number of nitrogens with zero attached hydrogens (tertiary/aromatic N) is 1. The standard InChI is InChI=1S/C12H24N2O2/c1-9-4-6-14(8-10(9)2)7-5-12(3,13)11(15)16/h9-10H,4-8,13H2,1-3H3,(H,15,16). The van der Waals surface area contributed by atoms with Crippen LogP contribution >= 0.6 is 0 Å². The Labute approximate surface area is 97.8 Å². The lowest BCUT2D eigenvalue weighted by atomic mass is 9.88. The molecule has 16 heavy (non-hydrogen) atoms. The molecule has 0 bridgehead atoms. The monoisotopic (exact) mass is 228 g/mol. The lowest BCUT2D eigenvalue weighted by molar-refractivity contribution is -0.143. The number of nitrogens with two attached hydrogens (primary N) is 1. The minimum absolute atomic E-state index is 0.517. The minimum Gasteiger partial charge on any atom is -0.480 e. The molecular formula is C12H24N2O2. The van der Waals surface area contributed by atoms with Gasteiger partial charge >= 0.3 is 5.97 Å². The van der Waals surface area contributed by atoms with Gasteiger partial charge in [-0.05, 0) is 38.1 Å². The SMILES string of the molecule is CC1CCN(CCC(C)(N)C(=O)O)CC1C. The van der Waals surface area contributed by atoms with Crippen LogP contribution in [0.25, 0.3) is 0 Å². The third-order valence-electron chi connectivity index (χ3n) is 3.85. The largest absolute Gasteiger partial charge is 0.480 e. The quantitative estimate of drug-likeness (QED) is 0.757. The van der Waals surface area contributed by atoms with E-state index in [1.54, 1.807) is 6.92 Å². The summed E-state index contributed by atoms with van der Waals surface area (Å²) in [5.41, 5.74) is 4.62. The Kier molecular flexibility index (Phi) is 4.33. The summed E-state index contributed by atoms with van der Waals surface area (Å²) in [5.74, 6) is 0.563. The van der Waals surface area contributed by atoms with Crippen molar-refractivity contribution in [3.8, 4) is 0 Å². The van der Waals surface area contributed by atoms with E-state index >= 15 is 0 Å². The van der Waals surface area contributed by atoms with Crippen molar-refractivity contribution in [2.24, 2.45) is 17.6 Å². The highest BCUT2D eigenvalue weighted by molar-refractivity contribution is 5.77. The number of rotatable bonds is 4. The average Bonchev–Trinajstić information content (AvgIpc) is 2.20. The van der Waals surface area contributed by atoms with Crippen LogP contribution in [0.2, 0.25) is 0 Å². The highest BCUT2D eigenvalue weighted by atomic mass is 16.4. The normalized spacial score (nSPS) is 31.0. The summed E-state index contributed by atoms with van der Waals surface area (Å²) in [6, 6.07) is 0. The van der Waals surface area contributed by atoms with Gasteiger partial charge in [-0.25, -0.2) is 0 Å². The van der Waals surface area contributed by atoms with Crippen LogP contribution in [0, 0.1) is 11.8 Å². The van der Waals surface area contributed by atoms with Crippen molar-refractivity contribution in [2.45, 2.75) is 39.2 Å². The molecule has 94 valence electrons. The molecule has 1 rings (SSSR count). The van der Waals surface area contributed by atoms with Gasteiger partial charge in [-0.1, -0.05) is 13.8 Å². The fourth-order valence-electron chi connectivity index (χ4n) is 2.05. The molecular weight excluding hydrogens is 204 g/mol. The first-order chi connectivity index (χ1) is 7.33. The number of aliphatic carboxylic acids is 1. The van der Waals surface area contributed by atoms with Crippen LogP contribution in [-0.4, -0.2) is 41.1 Å². The molecule has 3 unspecified atom stereocenters. The Morgan fingerprint density at radius 1 is 1.50 bits per heavy atom. The van der Waals surface area contributed by atoms with Crippen molar-refractivity contribution in [1.29, 1.82) is 0 Å². The van der Waals surface area contributed by atoms with Gasteiger partial charge in [-0.15, -0.1) is 0 Å². The van der Waals surface area contributed by atoms with Crippen molar-refractivity contribution >= 4 is 5.97 Å². The molecule has 0 aromatic heterocycles. The third kappa shape index (κ3) is 3.46. The Hall–Kier alpha value is -0.610. The molecule has 4 nitrogen and oxygen atoms in total. The van der Waals surface area contributed by atoms with Crippen LogP contribution in [0.1, 0.15) is 33.6 Å². The maximum Gasteiger partial charge on any atom is 0.323 e. The number of piperidine rings is 1. The summed E-state index contributed by atoms with van der Waals surface area (Å²) in [7, 11) is 0. The molecule has 4 heteroatoms. The van der Waals surface area contributed by atoms with E-state index in [4.69, 9.17) is 10.8 Å². The second kappa shape index (κ2) is 5.15. The molecule has 0 aliphatic carbocycles. The molecule has 0 aromatic rings. The fourth-order valence-corrected chi connectivity index (χ4v) is 2.05. The van der Waals surface area contributed by atoms with Crippen molar-refractivity contribution in [3.05, 3.63) is 0 Å². The van der Waals surface area contributed by atoms with Gasteiger partial charge in [-0.2, -0.15) is 0 Å². The van der Waals surface area contributed by atoms with Crippen molar-refractivity contribution in [3.63, 3.8) is 0 Å². The first-order valence-corrected chi connectivity index (χ1v) is 6.07. The number of hydrogen-bond acceptors (Lipinski definition) is 3. The lowest BCUT2D eigenvalue weighted by Gasteiger charge is -2.36. The number of hydrogen-bond donors (Lipinski definition) is 2. The van der Waals surface area contributed by atoms with Gasteiger partial charge in [0.25, 0.3) is 0 Å². The van der Waals surface area contributed by atoms with Crippen molar-refractivity contribution in [2.75, 3.05) is 19.6 Å². The second-order valence-electron chi connectivity index (χ2n) is 5.52. The van der Waals surface area contributed by atoms with E-state index < -0.39 is 11.5 Å². The van der Waals surface area contributed by atoms with E-state index in [0.29, 0.717) is 12.3 Å². The number of carboxylic acid groups (broad SMARTS) is 1. The Balaban J connectivity index is 2.36. The molecule has 1 fully saturated rings. The van der Waals surface area contributed by atoms with Crippen LogP contribution in [0.4, 0.5) is 0 Å². The number of carboxylic acids is 1. The second-order valence-corrected chi connectivity index (χ2v) is 5.52. The van der Waals surface area contributed by atoms with Gasteiger partial charge in [0.05, 0.1) is 0 Å². The maximum atomic E-state index is 10.9. The summed E-state index contributed by atoms with van der Waals surface area (Å²) in [6.45, 7) is 9.06. The fraction of sp³-hybridized carbons (Fsp3) is 0.917. The first kappa shape index (κ1) is 13.5. The van der Waals surface area contributed by atoms with E-state index in [1.165, 1.54) is 6.42 Å². The average molecular weight is 228 g/mol. The summed E-state index contributed by atoms with van der Waals surface area (Å²) >= 11 is 0. The molecule has 1 heterocycles. The predicted octanol–water partition coefficient (Wildman–Crippen LogP) is 1.16.